The summed E-state index contributed by atoms with van der Waals surface area (Å²) >= 11 is 0. The van der Waals surface area contributed by atoms with Crippen molar-refractivity contribution in [1.82, 2.24) is 4.90 Å². The van der Waals surface area contributed by atoms with E-state index in [4.69, 9.17) is 9.47 Å². The highest BCUT2D eigenvalue weighted by Crippen LogP contribution is 2.37. The molecule has 1 heterocycles. The second-order valence-electron chi connectivity index (χ2n) is 10.0. The van der Waals surface area contributed by atoms with Crippen LogP contribution in [0.15, 0.2) is 78.9 Å². The Morgan fingerprint density at radius 1 is 0.889 bits per heavy atom. The normalized spacial score (nSPS) is 19.1. The Hall–Kier alpha value is -3.31. The molecule has 0 N–H and O–H groups in total. The topological polar surface area (TPSA) is 42.0 Å². The zero-order valence-electron chi connectivity index (χ0n) is 21.1. The first-order valence-electron chi connectivity index (χ1n) is 13.1. The summed E-state index contributed by atoms with van der Waals surface area (Å²) in [5.74, 6) is 3.41. The second-order valence-corrected chi connectivity index (χ2v) is 10.0. The van der Waals surface area contributed by atoms with Crippen LogP contribution in [0.2, 0.25) is 0 Å². The van der Waals surface area contributed by atoms with Gasteiger partial charge >= 0.3 is 0 Å². The van der Waals surface area contributed by atoms with Gasteiger partial charge in [-0.2, -0.15) is 0 Å². The molecule has 2 atom stereocenters. The molecule has 5 heteroatoms. The Bertz CT molecular complexity index is 1100. The molecular weight excluding hydrogens is 448 g/mol. The minimum Gasteiger partial charge on any atom is -0.497 e. The van der Waals surface area contributed by atoms with Gasteiger partial charge in [-0.1, -0.05) is 36.8 Å². The molecule has 36 heavy (non-hydrogen) atoms. The van der Waals surface area contributed by atoms with E-state index < -0.39 is 0 Å². The summed E-state index contributed by atoms with van der Waals surface area (Å²) in [6.07, 6.45) is 5.30. The van der Waals surface area contributed by atoms with Crippen LogP contribution in [0.1, 0.15) is 41.6 Å². The number of fused-ring (bicyclic) bond motifs is 1. The van der Waals surface area contributed by atoms with Crippen molar-refractivity contribution in [3.8, 4) is 11.5 Å². The largest absolute Gasteiger partial charge is 0.497 e. The van der Waals surface area contributed by atoms with Crippen molar-refractivity contribution in [3.63, 3.8) is 0 Å². The first-order valence-corrected chi connectivity index (χ1v) is 13.1. The number of likely N-dealkylation sites (tertiary alicyclic amines) is 1. The van der Waals surface area contributed by atoms with Gasteiger partial charge in [0.2, 0.25) is 0 Å². The third kappa shape index (κ3) is 5.90. The maximum Gasteiger partial charge on any atom is 0.258 e. The van der Waals surface area contributed by atoms with Crippen LogP contribution in [-0.2, 0) is 6.54 Å². The third-order valence-electron chi connectivity index (χ3n) is 7.60. The van der Waals surface area contributed by atoms with E-state index in [-0.39, 0.29) is 5.91 Å². The number of ether oxygens (including phenoxy) is 2. The Kier molecular flexibility index (Phi) is 7.87. The average Bonchev–Trinajstić information content (AvgIpc) is 3.53. The van der Waals surface area contributed by atoms with E-state index >= 15 is 0 Å². The lowest BCUT2D eigenvalue weighted by molar-refractivity contribution is 0.0985. The number of anilines is 1. The van der Waals surface area contributed by atoms with Gasteiger partial charge in [0.05, 0.1) is 20.3 Å². The summed E-state index contributed by atoms with van der Waals surface area (Å²) in [7, 11) is 1.64. The van der Waals surface area contributed by atoms with Gasteiger partial charge in [0, 0.05) is 30.9 Å². The molecule has 5 rings (SSSR count). The molecule has 0 bridgehead atoms. The summed E-state index contributed by atoms with van der Waals surface area (Å²) in [4.78, 5) is 18.0. The molecule has 0 aromatic heterocycles. The summed E-state index contributed by atoms with van der Waals surface area (Å²) in [5.41, 5.74) is 2.54. The third-order valence-corrected chi connectivity index (χ3v) is 7.60. The molecule has 1 amide bonds. The van der Waals surface area contributed by atoms with E-state index in [1.165, 1.54) is 32.4 Å². The van der Waals surface area contributed by atoms with Gasteiger partial charge in [-0.3, -0.25) is 4.79 Å². The number of benzene rings is 3. The Balaban J connectivity index is 1.18. The Morgan fingerprint density at radius 2 is 1.56 bits per heavy atom. The van der Waals surface area contributed by atoms with Crippen LogP contribution in [0, 0.1) is 11.8 Å². The van der Waals surface area contributed by atoms with Crippen LogP contribution < -0.4 is 14.4 Å². The van der Waals surface area contributed by atoms with E-state index in [0.29, 0.717) is 18.7 Å². The van der Waals surface area contributed by atoms with Crippen LogP contribution in [-0.4, -0.2) is 44.2 Å². The molecule has 188 valence electrons. The highest BCUT2D eigenvalue weighted by Gasteiger charge is 2.35. The highest BCUT2D eigenvalue weighted by atomic mass is 16.5. The maximum absolute atomic E-state index is 13.6. The molecule has 2 unspecified atom stereocenters. The number of rotatable bonds is 10. The monoisotopic (exact) mass is 484 g/mol. The van der Waals surface area contributed by atoms with Gasteiger partial charge < -0.3 is 19.3 Å². The smallest absolute Gasteiger partial charge is 0.258 e. The van der Waals surface area contributed by atoms with Crippen molar-refractivity contribution >= 4 is 11.6 Å². The minimum absolute atomic E-state index is 0.0462. The Morgan fingerprint density at radius 3 is 2.22 bits per heavy atom. The molecule has 2 aliphatic rings. The lowest BCUT2D eigenvalue weighted by atomic mass is 10.0. The molecule has 1 aliphatic heterocycles. The van der Waals surface area contributed by atoms with E-state index in [1.807, 2.05) is 78.9 Å². The zero-order chi connectivity index (χ0) is 24.7. The highest BCUT2D eigenvalue weighted by molar-refractivity contribution is 6.06. The lowest BCUT2D eigenvalue weighted by Crippen LogP contribution is -2.30. The number of amides is 1. The standard InChI is InChI=1S/C31H36N2O3/c1-35-29-17-13-28(14-18-29)33(21-24-7-3-2-4-8-24)31(34)25-11-15-30(16-12-25)36-20-6-19-32-22-26-9-5-10-27(26)23-32/h2-4,7-8,11-18,26-27H,5-6,9-10,19-23H2,1H3. The van der Waals surface area contributed by atoms with Crippen LogP contribution in [0.4, 0.5) is 5.69 Å². The molecule has 1 saturated carbocycles. The van der Waals surface area contributed by atoms with Crippen LogP contribution in [0.5, 0.6) is 11.5 Å². The summed E-state index contributed by atoms with van der Waals surface area (Å²) in [5, 5.41) is 0. The zero-order valence-corrected chi connectivity index (χ0v) is 21.1. The molecule has 0 spiro atoms. The second kappa shape index (κ2) is 11.6. The van der Waals surface area contributed by atoms with Crippen molar-refractivity contribution in [1.29, 1.82) is 0 Å². The minimum atomic E-state index is -0.0462. The maximum atomic E-state index is 13.6. The summed E-state index contributed by atoms with van der Waals surface area (Å²) in [6.45, 7) is 4.84. The first-order chi connectivity index (χ1) is 17.7. The van der Waals surface area contributed by atoms with E-state index in [2.05, 4.69) is 4.90 Å². The molecule has 2 fully saturated rings. The van der Waals surface area contributed by atoms with Gasteiger partial charge in [-0.15, -0.1) is 0 Å². The number of nitrogens with zero attached hydrogens (tertiary/aromatic N) is 2. The van der Waals surface area contributed by atoms with Gasteiger partial charge in [-0.25, -0.2) is 0 Å². The number of hydrogen-bond donors (Lipinski definition) is 0. The van der Waals surface area contributed by atoms with Gasteiger partial charge in [0.1, 0.15) is 11.5 Å². The van der Waals surface area contributed by atoms with Crippen molar-refractivity contribution in [2.24, 2.45) is 11.8 Å². The van der Waals surface area contributed by atoms with Crippen molar-refractivity contribution < 1.29 is 14.3 Å². The molecule has 1 aliphatic carbocycles. The molecule has 3 aromatic carbocycles. The fourth-order valence-electron chi connectivity index (χ4n) is 5.65. The molecule has 3 aromatic rings. The number of carbonyl (C=O) groups excluding carboxylic acids is 1. The SMILES string of the molecule is COc1ccc(N(Cc2ccccc2)C(=O)c2ccc(OCCCN3CC4CCCC4C3)cc2)cc1. The quantitative estimate of drug-likeness (QED) is 0.329. The predicted molar refractivity (Wildman–Crippen MR) is 144 cm³/mol. The first kappa shape index (κ1) is 24.4. The predicted octanol–water partition coefficient (Wildman–Crippen LogP) is 6.04. The number of hydrogen-bond acceptors (Lipinski definition) is 4. The van der Waals surface area contributed by atoms with Gasteiger partial charge in [-0.05, 0) is 85.2 Å². The van der Waals surface area contributed by atoms with Crippen molar-refractivity contribution in [2.45, 2.75) is 32.2 Å². The van der Waals surface area contributed by atoms with E-state index in [9.17, 15) is 4.79 Å². The summed E-state index contributed by atoms with van der Waals surface area (Å²) in [6, 6.07) is 25.2. The number of carbonyl (C=O) groups is 1. The van der Waals surface area contributed by atoms with E-state index in [0.717, 1.165) is 47.6 Å². The van der Waals surface area contributed by atoms with Crippen molar-refractivity contribution in [3.05, 3.63) is 90.0 Å². The van der Waals surface area contributed by atoms with Crippen LogP contribution in [0.25, 0.3) is 0 Å². The van der Waals surface area contributed by atoms with Crippen LogP contribution >= 0.6 is 0 Å². The Labute approximate surface area is 214 Å². The van der Waals surface area contributed by atoms with Gasteiger partial charge in [0.25, 0.3) is 5.91 Å². The van der Waals surface area contributed by atoms with Gasteiger partial charge in [0.15, 0.2) is 0 Å². The lowest BCUT2D eigenvalue weighted by Gasteiger charge is -2.23. The average molecular weight is 485 g/mol. The van der Waals surface area contributed by atoms with Crippen molar-refractivity contribution in [2.75, 3.05) is 38.3 Å². The molecule has 5 nitrogen and oxygen atoms in total. The molecule has 1 saturated heterocycles. The number of methoxy groups -OCH3 is 1. The fourth-order valence-corrected chi connectivity index (χ4v) is 5.65. The van der Waals surface area contributed by atoms with E-state index in [1.54, 1.807) is 12.0 Å². The fraction of sp³-hybridized carbons (Fsp3) is 0.387. The molecular formula is C31H36N2O3. The summed E-state index contributed by atoms with van der Waals surface area (Å²) < 4.78 is 11.3. The molecule has 0 radical (unpaired) electrons. The van der Waals surface area contributed by atoms with Crippen LogP contribution in [0.3, 0.4) is 0 Å².